The highest BCUT2D eigenvalue weighted by atomic mass is 16.7. The minimum absolute atomic E-state index is 0.298. The predicted molar refractivity (Wildman–Crippen MR) is 97.0 cm³/mol. The van der Waals surface area contributed by atoms with Crippen molar-refractivity contribution in [2.75, 3.05) is 18.6 Å². The van der Waals surface area contributed by atoms with Gasteiger partial charge in [-0.1, -0.05) is 35.2 Å². The lowest BCUT2D eigenvalue weighted by Crippen LogP contribution is -2.30. The van der Waals surface area contributed by atoms with Crippen molar-refractivity contribution >= 4 is 11.4 Å². The molecule has 0 N–H and O–H groups in total. The Morgan fingerprint density at radius 1 is 1.08 bits per heavy atom. The minimum Gasteiger partial charge on any atom is -0.394 e. The maximum Gasteiger partial charge on any atom is 0.305 e. The molecule has 6 nitrogen and oxygen atoms in total. The van der Waals surface area contributed by atoms with E-state index >= 15 is 0 Å². The Morgan fingerprint density at radius 2 is 1.92 bits per heavy atom. The van der Waals surface area contributed by atoms with Crippen LogP contribution in [0.1, 0.15) is 12.0 Å². The molecule has 0 saturated heterocycles. The highest BCUT2D eigenvalue weighted by Gasteiger charge is 2.07. The van der Waals surface area contributed by atoms with Crippen LogP contribution in [-0.4, -0.2) is 28.6 Å². The van der Waals surface area contributed by atoms with Gasteiger partial charge in [0.15, 0.2) is 0 Å². The molecule has 3 aromatic rings. The van der Waals surface area contributed by atoms with Crippen LogP contribution in [0, 0.1) is 0 Å². The molecule has 0 unspecified atom stereocenters. The van der Waals surface area contributed by atoms with E-state index in [0.717, 1.165) is 23.4 Å². The van der Waals surface area contributed by atoms with E-state index in [1.165, 1.54) is 11.6 Å². The lowest BCUT2D eigenvalue weighted by Gasteiger charge is -2.18. The highest BCUT2D eigenvalue weighted by Crippen LogP contribution is 2.19. The van der Waals surface area contributed by atoms with Crippen LogP contribution in [0.4, 0.5) is 11.4 Å². The summed E-state index contributed by atoms with van der Waals surface area (Å²) in [7, 11) is 1.86. The van der Waals surface area contributed by atoms with Gasteiger partial charge in [-0.3, -0.25) is 9.78 Å². The monoisotopic (exact) mass is 336 g/mol. The Labute approximate surface area is 146 Å². The summed E-state index contributed by atoms with van der Waals surface area (Å²) in [6.45, 7) is 0.430. The number of aromatic nitrogens is 3. The van der Waals surface area contributed by atoms with Gasteiger partial charge in [-0.15, -0.1) is 5.10 Å². The van der Waals surface area contributed by atoms with Crippen molar-refractivity contribution in [1.29, 1.82) is 0 Å². The lowest BCUT2D eigenvalue weighted by molar-refractivity contribution is 0.0701. The summed E-state index contributed by atoms with van der Waals surface area (Å²) in [5.41, 5.74) is 2.51. The van der Waals surface area contributed by atoms with E-state index in [1.54, 1.807) is 18.6 Å². The van der Waals surface area contributed by atoms with Crippen molar-refractivity contribution in [3.63, 3.8) is 0 Å². The molecule has 2 aromatic heterocycles. The standard InChI is InChI=1S/C19H20N4O2/c1-22(17-10-5-11-20-14-17)18-13-19(24)23(21-15-18)25-12-6-9-16-7-3-2-4-8-16/h2-5,7-8,10-11,13-15H,6,9,12H2,1H3. The minimum atomic E-state index is -0.298. The summed E-state index contributed by atoms with van der Waals surface area (Å²) < 4.78 is 0. The first kappa shape index (κ1) is 16.7. The van der Waals surface area contributed by atoms with E-state index in [-0.39, 0.29) is 5.56 Å². The summed E-state index contributed by atoms with van der Waals surface area (Å²) in [5, 5.41) is 4.09. The first-order chi connectivity index (χ1) is 12.2. The molecule has 0 radical (unpaired) electrons. The molecular formula is C19H20N4O2. The van der Waals surface area contributed by atoms with Crippen LogP contribution in [0.2, 0.25) is 0 Å². The first-order valence-corrected chi connectivity index (χ1v) is 8.14. The van der Waals surface area contributed by atoms with Gasteiger partial charge in [-0.05, 0) is 30.5 Å². The van der Waals surface area contributed by atoms with Gasteiger partial charge < -0.3 is 9.74 Å². The molecule has 0 aliphatic rings. The van der Waals surface area contributed by atoms with Crippen LogP contribution in [0.15, 0.2) is 71.9 Å². The molecule has 0 aliphatic heterocycles. The van der Waals surface area contributed by atoms with Crippen molar-refractivity contribution in [3.8, 4) is 0 Å². The van der Waals surface area contributed by atoms with Crippen molar-refractivity contribution in [1.82, 2.24) is 14.9 Å². The van der Waals surface area contributed by atoms with E-state index in [2.05, 4.69) is 22.2 Å². The molecule has 0 aliphatic carbocycles. The van der Waals surface area contributed by atoms with Gasteiger partial charge in [0.05, 0.1) is 23.8 Å². The smallest absolute Gasteiger partial charge is 0.305 e. The molecule has 0 amide bonds. The molecule has 0 bridgehead atoms. The molecule has 25 heavy (non-hydrogen) atoms. The molecule has 0 atom stereocenters. The lowest BCUT2D eigenvalue weighted by atomic mass is 10.1. The van der Waals surface area contributed by atoms with E-state index in [0.29, 0.717) is 12.3 Å². The fourth-order valence-corrected chi connectivity index (χ4v) is 2.44. The number of hydrogen-bond donors (Lipinski definition) is 0. The number of benzene rings is 1. The molecule has 0 fully saturated rings. The Kier molecular flexibility index (Phi) is 5.41. The zero-order chi connectivity index (χ0) is 17.5. The second-order valence-electron chi connectivity index (χ2n) is 5.62. The third kappa shape index (κ3) is 4.44. The van der Waals surface area contributed by atoms with Gasteiger partial charge in [0.2, 0.25) is 0 Å². The molecule has 6 heteroatoms. The molecule has 0 saturated carbocycles. The zero-order valence-corrected chi connectivity index (χ0v) is 14.1. The molecule has 2 heterocycles. The average molecular weight is 336 g/mol. The van der Waals surface area contributed by atoms with Crippen LogP contribution < -0.4 is 15.3 Å². The van der Waals surface area contributed by atoms with Crippen molar-refractivity contribution in [2.45, 2.75) is 12.8 Å². The first-order valence-electron chi connectivity index (χ1n) is 8.14. The van der Waals surface area contributed by atoms with Crippen LogP contribution in [-0.2, 0) is 6.42 Å². The van der Waals surface area contributed by atoms with Crippen LogP contribution in [0.3, 0.4) is 0 Å². The number of anilines is 2. The normalized spacial score (nSPS) is 10.4. The summed E-state index contributed by atoms with van der Waals surface area (Å²) in [4.78, 5) is 24.6. The van der Waals surface area contributed by atoms with Gasteiger partial charge in [0.1, 0.15) is 6.61 Å². The van der Waals surface area contributed by atoms with Crippen LogP contribution in [0.5, 0.6) is 0 Å². The SMILES string of the molecule is CN(c1cccnc1)c1cnn(OCCCc2ccccc2)c(=O)c1. The largest absolute Gasteiger partial charge is 0.394 e. The summed E-state index contributed by atoms with van der Waals surface area (Å²) in [6, 6.07) is 15.4. The zero-order valence-electron chi connectivity index (χ0n) is 14.1. The number of nitrogens with zero attached hydrogens (tertiary/aromatic N) is 4. The Bertz CT molecular complexity index is 850. The van der Waals surface area contributed by atoms with E-state index in [4.69, 9.17) is 4.84 Å². The fourth-order valence-electron chi connectivity index (χ4n) is 2.44. The van der Waals surface area contributed by atoms with Gasteiger partial charge in [0, 0.05) is 19.3 Å². The molecule has 128 valence electrons. The third-order valence-electron chi connectivity index (χ3n) is 3.84. The van der Waals surface area contributed by atoms with Gasteiger partial charge in [-0.2, -0.15) is 0 Å². The molecule has 0 spiro atoms. The third-order valence-corrected chi connectivity index (χ3v) is 3.84. The summed E-state index contributed by atoms with van der Waals surface area (Å²) >= 11 is 0. The second kappa shape index (κ2) is 8.10. The van der Waals surface area contributed by atoms with E-state index in [9.17, 15) is 4.79 Å². The Hall–Kier alpha value is -3.15. The van der Waals surface area contributed by atoms with Crippen molar-refractivity contribution in [3.05, 3.63) is 83.0 Å². The number of hydrogen-bond acceptors (Lipinski definition) is 5. The Morgan fingerprint density at radius 3 is 2.64 bits per heavy atom. The van der Waals surface area contributed by atoms with Gasteiger partial charge in [0.25, 0.3) is 0 Å². The van der Waals surface area contributed by atoms with Crippen molar-refractivity contribution < 1.29 is 4.84 Å². The van der Waals surface area contributed by atoms with Crippen molar-refractivity contribution in [2.24, 2.45) is 0 Å². The maximum atomic E-state index is 12.2. The fraction of sp³-hybridized carbons (Fsp3) is 0.211. The Balaban J connectivity index is 1.58. The molecule has 1 aromatic carbocycles. The summed E-state index contributed by atoms with van der Waals surface area (Å²) in [5.74, 6) is 0. The van der Waals surface area contributed by atoms with Gasteiger partial charge >= 0.3 is 5.56 Å². The topological polar surface area (TPSA) is 60.3 Å². The number of aryl methyl sites for hydroxylation is 1. The number of pyridine rings is 1. The second-order valence-corrected chi connectivity index (χ2v) is 5.62. The molecular weight excluding hydrogens is 316 g/mol. The highest BCUT2D eigenvalue weighted by molar-refractivity contribution is 5.59. The van der Waals surface area contributed by atoms with Gasteiger partial charge in [-0.25, -0.2) is 0 Å². The van der Waals surface area contributed by atoms with Crippen LogP contribution >= 0.6 is 0 Å². The average Bonchev–Trinajstić information content (AvgIpc) is 2.67. The summed E-state index contributed by atoms with van der Waals surface area (Å²) in [6.07, 6.45) is 6.75. The van der Waals surface area contributed by atoms with E-state index < -0.39 is 0 Å². The number of rotatable bonds is 7. The van der Waals surface area contributed by atoms with Crippen LogP contribution in [0.25, 0.3) is 0 Å². The maximum absolute atomic E-state index is 12.2. The quantitative estimate of drug-likeness (QED) is 0.620. The predicted octanol–water partition coefficient (Wildman–Crippen LogP) is 2.47. The van der Waals surface area contributed by atoms with E-state index in [1.807, 2.05) is 42.3 Å². The molecule has 3 rings (SSSR count).